The molecule has 1 aromatic rings. The Hall–Kier alpha value is -1.59. The Labute approximate surface area is 150 Å². The summed E-state index contributed by atoms with van der Waals surface area (Å²) in [7, 11) is 1.69. The SMILES string of the molecule is COc1ccc(CN2CCCN(C(=O)C[C@H]3CCCCO3)CC2)cc1. The van der Waals surface area contributed by atoms with Crippen LogP contribution in [0.15, 0.2) is 24.3 Å². The number of hydrogen-bond acceptors (Lipinski definition) is 4. The summed E-state index contributed by atoms with van der Waals surface area (Å²) in [5.74, 6) is 1.15. The highest BCUT2D eigenvalue weighted by atomic mass is 16.5. The van der Waals surface area contributed by atoms with E-state index in [1.165, 1.54) is 12.0 Å². The maximum absolute atomic E-state index is 12.6. The molecule has 138 valence electrons. The van der Waals surface area contributed by atoms with Gasteiger partial charge in [0.05, 0.1) is 19.6 Å². The quantitative estimate of drug-likeness (QED) is 0.822. The topological polar surface area (TPSA) is 42.0 Å². The van der Waals surface area contributed by atoms with Gasteiger partial charge in [-0.3, -0.25) is 9.69 Å². The molecule has 0 radical (unpaired) electrons. The van der Waals surface area contributed by atoms with Crippen molar-refractivity contribution in [3.63, 3.8) is 0 Å². The van der Waals surface area contributed by atoms with E-state index in [0.29, 0.717) is 6.42 Å². The molecule has 1 amide bonds. The van der Waals surface area contributed by atoms with E-state index < -0.39 is 0 Å². The summed E-state index contributed by atoms with van der Waals surface area (Å²) >= 11 is 0. The molecule has 2 aliphatic heterocycles. The molecule has 1 aromatic carbocycles. The second kappa shape index (κ2) is 9.20. The molecule has 0 saturated carbocycles. The maximum Gasteiger partial charge on any atom is 0.225 e. The van der Waals surface area contributed by atoms with Crippen molar-refractivity contribution in [1.82, 2.24) is 9.80 Å². The summed E-state index contributed by atoms with van der Waals surface area (Å²) in [6, 6.07) is 8.25. The molecular weight excluding hydrogens is 316 g/mol. The van der Waals surface area contributed by atoms with Gasteiger partial charge in [0, 0.05) is 39.3 Å². The highest BCUT2D eigenvalue weighted by Crippen LogP contribution is 2.18. The molecule has 2 aliphatic rings. The Morgan fingerprint density at radius 2 is 1.96 bits per heavy atom. The number of nitrogens with zero attached hydrogens (tertiary/aromatic N) is 2. The zero-order valence-electron chi connectivity index (χ0n) is 15.3. The molecule has 0 unspecified atom stereocenters. The number of carbonyl (C=O) groups excluding carboxylic acids is 1. The normalized spacial score (nSPS) is 22.4. The second-order valence-corrected chi connectivity index (χ2v) is 7.05. The highest BCUT2D eigenvalue weighted by Gasteiger charge is 2.23. The number of rotatable bonds is 5. The van der Waals surface area contributed by atoms with Gasteiger partial charge in [-0.2, -0.15) is 0 Å². The molecule has 25 heavy (non-hydrogen) atoms. The van der Waals surface area contributed by atoms with Crippen LogP contribution in [0.3, 0.4) is 0 Å². The number of methoxy groups -OCH3 is 1. The van der Waals surface area contributed by atoms with Crippen molar-refractivity contribution >= 4 is 5.91 Å². The number of carbonyl (C=O) groups is 1. The average molecular weight is 346 g/mol. The van der Waals surface area contributed by atoms with Gasteiger partial charge in [-0.15, -0.1) is 0 Å². The fourth-order valence-electron chi connectivity index (χ4n) is 3.66. The standard InChI is InChI=1S/C20H30N2O3/c1-24-18-8-6-17(7-9-18)16-21-10-4-11-22(13-12-21)20(23)15-19-5-2-3-14-25-19/h6-9,19H,2-5,10-16H2,1H3/t19-/m1/s1. The van der Waals surface area contributed by atoms with Crippen LogP contribution in [0, 0.1) is 0 Å². The summed E-state index contributed by atoms with van der Waals surface area (Å²) in [6.07, 6.45) is 5.08. The van der Waals surface area contributed by atoms with E-state index in [1.54, 1.807) is 7.11 Å². The van der Waals surface area contributed by atoms with Gasteiger partial charge in [-0.05, 0) is 43.4 Å². The number of amides is 1. The Bertz CT molecular complexity index is 540. The van der Waals surface area contributed by atoms with Gasteiger partial charge >= 0.3 is 0 Å². The fraction of sp³-hybridized carbons (Fsp3) is 0.650. The van der Waals surface area contributed by atoms with Crippen LogP contribution in [-0.4, -0.2) is 61.7 Å². The van der Waals surface area contributed by atoms with Gasteiger partial charge in [0.2, 0.25) is 5.91 Å². The van der Waals surface area contributed by atoms with Gasteiger partial charge in [0.25, 0.3) is 0 Å². The zero-order valence-corrected chi connectivity index (χ0v) is 15.3. The van der Waals surface area contributed by atoms with Crippen LogP contribution >= 0.6 is 0 Å². The molecule has 5 nitrogen and oxygen atoms in total. The molecule has 0 bridgehead atoms. The summed E-state index contributed by atoms with van der Waals surface area (Å²) in [6.45, 7) is 5.40. The molecule has 3 rings (SSSR count). The third kappa shape index (κ3) is 5.44. The summed E-state index contributed by atoms with van der Waals surface area (Å²) in [5, 5.41) is 0. The molecule has 2 heterocycles. The van der Waals surface area contributed by atoms with Crippen molar-refractivity contribution in [3.8, 4) is 5.75 Å². The monoisotopic (exact) mass is 346 g/mol. The molecule has 0 N–H and O–H groups in total. The van der Waals surface area contributed by atoms with E-state index >= 15 is 0 Å². The average Bonchev–Trinajstić information content (AvgIpc) is 2.89. The predicted molar refractivity (Wildman–Crippen MR) is 97.7 cm³/mol. The second-order valence-electron chi connectivity index (χ2n) is 7.05. The van der Waals surface area contributed by atoms with Crippen molar-refractivity contribution in [1.29, 1.82) is 0 Å². The first-order valence-corrected chi connectivity index (χ1v) is 9.49. The predicted octanol–water partition coefficient (Wildman–Crippen LogP) is 2.69. The third-order valence-electron chi connectivity index (χ3n) is 5.18. The lowest BCUT2D eigenvalue weighted by molar-refractivity contribution is -0.135. The van der Waals surface area contributed by atoms with Crippen LogP contribution in [0.5, 0.6) is 5.75 Å². The molecule has 1 atom stereocenters. The van der Waals surface area contributed by atoms with Crippen molar-refractivity contribution in [2.75, 3.05) is 39.9 Å². The minimum absolute atomic E-state index is 0.139. The van der Waals surface area contributed by atoms with E-state index in [1.807, 2.05) is 17.0 Å². The minimum Gasteiger partial charge on any atom is -0.497 e. The van der Waals surface area contributed by atoms with E-state index in [-0.39, 0.29) is 12.0 Å². The van der Waals surface area contributed by atoms with Crippen molar-refractivity contribution in [2.24, 2.45) is 0 Å². The molecule has 0 aromatic heterocycles. The van der Waals surface area contributed by atoms with E-state index in [0.717, 1.165) is 64.3 Å². The molecule has 5 heteroatoms. The Kier molecular flexibility index (Phi) is 6.70. The van der Waals surface area contributed by atoms with Crippen LogP contribution in [0.25, 0.3) is 0 Å². The number of ether oxygens (including phenoxy) is 2. The van der Waals surface area contributed by atoms with Gasteiger partial charge in [-0.1, -0.05) is 12.1 Å². The highest BCUT2D eigenvalue weighted by molar-refractivity contribution is 5.76. The van der Waals surface area contributed by atoms with Gasteiger partial charge in [0.15, 0.2) is 0 Å². The van der Waals surface area contributed by atoms with Crippen molar-refractivity contribution in [2.45, 2.75) is 44.8 Å². The first-order chi connectivity index (χ1) is 12.2. The van der Waals surface area contributed by atoms with Gasteiger partial charge < -0.3 is 14.4 Å². The lowest BCUT2D eigenvalue weighted by Gasteiger charge is -2.26. The number of benzene rings is 1. The zero-order chi connectivity index (χ0) is 17.5. The third-order valence-corrected chi connectivity index (χ3v) is 5.18. The Morgan fingerprint density at radius 3 is 2.68 bits per heavy atom. The van der Waals surface area contributed by atoms with Crippen LogP contribution < -0.4 is 4.74 Å². The summed E-state index contributed by atoms with van der Waals surface area (Å²) in [4.78, 5) is 17.0. The molecule has 0 spiro atoms. The van der Waals surface area contributed by atoms with Gasteiger partial charge in [-0.25, -0.2) is 0 Å². The molecular formula is C20H30N2O3. The van der Waals surface area contributed by atoms with Crippen molar-refractivity contribution < 1.29 is 14.3 Å². The molecule has 2 fully saturated rings. The minimum atomic E-state index is 0.139. The first-order valence-electron chi connectivity index (χ1n) is 9.49. The van der Waals surface area contributed by atoms with Crippen LogP contribution in [0.4, 0.5) is 0 Å². The smallest absolute Gasteiger partial charge is 0.225 e. The lowest BCUT2D eigenvalue weighted by Crippen LogP contribution is -2.37. The Morgan fingerprint density at radius 1 is 1.12 bits per heavy atom. The Balaban J connectivity index is 1.46. The summed E-state index contributed by atoms with van der Waals surface area (Å²) < 4.78 is 10.9. The lowest BCUT2D eigenvalue weighted by atomic mass is 10.1. The van der Waals surface area contributed by atoms with Crippen LogP contribution in [0.2, 0.25) is 0 Å². The van der Waals surface area contributed by atoms with E-state index in [4.69, 9.17) is 9.47 Å². The molecule has 2 saturated heterocycles. The first kappa shape index (κ1) is 18.2. The maximum atomic E-state index is 12.6. The van der Waals surface area contributed by atoms with Crippen molar-refractivity contribution in [3.05, 3.63) is 29.8 Å². The van der Waals surface area contributed by atoms with Gasteiger partial charge in [0.1, 0.15) is 5.75 Å². The summed E-state index contributed by atoms with van der Waals surface area (Å²) in [5.41, 5.74) is 1.29. The largest absolute Gasteiger partial charge is 0.497 e. The van der Waals surface area contributed by atoms with E-state index in [9.17, 15) is 4.79 Å². The molecule has 0 aliphatic carbocycles. The fourth-order valence-corrected chi connectivity index (χ4v) is 3.66. The number of hydrogen-bond donors (Lipinski definition) is 0. The van der Waals surface area contributed by atoms with Crippen LogP contribution in [0.1, 0.15) is 37.7 Å². The van der Waals surface area contributed by atoms with Crippen LogP contribution in [-0.2, 0) is 16.1 Å². The van der Waals surface area contributed by atoms with E-state index in [2.05, 4.69) is 17.0 Å².